The number of halogens is 2. The molecule has 0 bridgehead atoms. The van der Waals surface area contributed by atoms with Gasteiger partial charge in [-0.15, -0.1) is 0 Å². The van der Waals surface area contributed by atoms with Crippen LogP contribution in [0.2, 0.25) is 0 Å². The number of nitrogens with zero attached hydrogens (tertiary/aromatic N) is 1. The molecule has 0 unspecified atom stereocenters. The molecule has 9 heteroatoms. The van der Waals surface area contributed by atoms with Crippen LogP contribution in [0.4, 0.5) is 25.0 Å². The predicted octanol–water partition coefficient (Wildman–Crippen LogP) is 4.16. The van der Waals surface area contributed by atoms with Gasteiger partial charge < -0.3 is 20.7 Å². The minimum atomic E-state index is -0.877. The highest BCUT2D eigenvalue weighted by atomic mass is 19.1. The summed E-state index contributed by atoms with van der Waals surface area (Å²) in [7, 11) is 1.50. The van der Waals surface area contributed by atoms with Crippen LogP contribution >= 0.6 is 0 Å². The fourth-order valence-corrected chi connectivity index (χ4v) is 2.34. The van der Waals surface area contributed by atoms with Crippen LogP contribution in [0, 0.1) is 11.6 Å². The van der Waals surface area contributed by atoms with Crippen LogP contribution in [-0.2, 0) is 0 Å². The zero-order valence-corrected chi connectivity index (χ0v) is 15.2. The second-order valence-electron chi connectivity index (χ2n) is 5.79. The maximum absolute atomic E-state index is 13.6. The molecule has 148 valence electrons. The fourth-order valence-electron chi connectivity index (χ4n) is 2.34. The van der Waals surface area contributed by atoms with Gasteiger partial charge in [-0.25, -0.2) is 13.6 Å². The van der Waals surface area contributed by atoms with Gasteiger partial charge in [-0.1, -0.05) is 0 Å². The van der Waals surface area contributed by atoms with E-state index in [2.05, 4.69) is 20.9 Å². The molecule has 2 aromatic carbocycles. The molecule has 0 saturated heterocycles. The molecule has 3 aromatic rings. The first-order valence-electron chi connectivity index (χ1n) is 8.44. The summed E-state index contributed by atoms with van der Waals surface area (Å²) in [5.74, 6) is -1.06. The maximum atomic E-state index is 13.6. The molecular weight excluding hydrogens is 382 g/mol. The second kappa shape index (κ2) is 8.79. The third-order valence-corrected chi connectivity index (χ3v) is 3.72. The largest absolute Gasteiger partial charge is 0.457 e. The third kappa shape index (κ3) is 5.25. The topological polar surface area (TPSA) is 92.4 Å². The van der Waals surface area contributed by atoms with E-state index in [0.717, 1.165) is 12.1 Å². The van der Waals surface area contributed by atoms with Gasteiger partial charge in [-0.2, -0.15) is 0 Å². The Hall–Kier alpha value is -4.01. The number of carbonyl (C=O) groups is 2. The Morgan fingerprint density at radius 3 is 2.38 bits per heavy atom. The SMILES string of the molecule is CNC(=O)c1cc(Oc2ccc(NC(=O)Nc3ccc(F)cc3F)cc2)ccn1. The maximum Gasteiger partial charge on any atom is 0.323 e. The molecule has 3 rings (SSSR count). The molecule has 0 atom stereocenters. The van der Waals surface area contributed by atoms with Crippen LogP contribution in [-0.4, -0.2) is 24.0 Å². The Labute approximate surface area is 164 Å². The number of pyridine rings is 1. The van der Waals surface area contributed by atoms with E-state index in [1.807, 2.05) is 0 Å². The van der Waals surface area contributed by atoms with Crippen LogP contribution < -0.4 is 20.7 Å². The second-order valence-corrected chi connectivity index (χ2v) is 5.79. The van der Waals surface area contributed by atoms with Gasteiger partial charge >= 0.3 is 6.03 Å². The van der Waals surface area contributed by atoms with Crippen molar-refractivity contribution in [2.24, 2.45) is 0 Å². The van der Waals surface area contributed by atoms with Gasteiger partial charge in [-0.05, 0) is 42.5 Å². The molecule has 0 aliphatic heterocycles. The average molecular weight is 398 g/mol. The lowest BCUT2D eigenvalue weighted by atomic mass is 10.3. The van der Waals surface area contributed by atoms with Crippen LogP contribution in [0.3, 0.4) is 0 Å². The molecule has 1 aromatic heterocycles. The van der Waals surface area contributed by atoms with Gasteiger partial charge in [0.15, 0.2) is 0 Å². The van der Waals surface area contributed by atoms with Crippen molar-refractivity contribution in [1.29, 1.82) is 0 Å². The van der Waals surface area contributed by atoms with Crippen LogP contribution in [0.15, 0.2) is 60.8 Å². The molecule has 1 heterocycles. The van der Waals surface area contributed by atoms with E-state index in [1.165, 1.54) is 19.3 Å². The molecule has 0 saturated carbocycles. The molecule has 0 fully saturated rings. The van der Waals surface area contributed by atoms with Gasteiger partial charge in [0.2, 0.25) is 0 Å². The highest BCUT2D eigenvalue weighted by Crippen LogP contribution is 2.23. The van der Waals surface area contributed by atoms with Crippen LogP contribution in [0.25, 0.3) is 0 Å². The highest BCUT2D eigenvalue weighted by molar-refractivity contribution is 5.99. The Bertz CT molecular complexity index is 1040. The summed E-state index contributed by atoms with van der Waals surface area (Å²) < 4.78 is 32.1. The zero-order chi connectivity index (χ0) is 20.8. The van der Waals surface area contributed by atoms with Gasteiger partial charge in [0, 0.05) is 31.1 Å². The average Bonchev–Trinajstić information content (AvgIpc) is 2.71. The molecule has 0 radical (unpaired) electrons. The number of amides is 3. The van der Waals surface area contributed by atoms with Crippen LogP contribution in [0.1, 0.15) is 10.5 Å². The van der Waals surface area contributed by atoms with E-state index < -0.39 is 17.7 Å². The van der Waals surface area contributed by atoms with Crippen molar-refractivity contribution in [2.45, 2.75) is 0 Å². The number of carbonyl (C=O) groups excluding carboxylic acids is 2. The van der Waals surface area contributed by atoms with Gasteiger partial charge in [0.25, 0.3) is 5.91 Å². The summed E-state index contributed by atoms with van der Waals surface area (Å²) in [5.41, 5.74) is 0.500. The molecule has 0 aliphatic rings. The summed E-state index contributed by atoms with van der Waals surface area (Å²) in [5, 5.41) is 7.30. The quantitative estimate of drug-likeness (QED) is 0.602. The normalized spacial score (nSPS) is 10.2. The minimum Gasteiger partial charge on any atom is -0.457 e. The van der Waals surface area contributed by atoms with E-state index in [4.69, 9.17) is 4.74 Å². The molecule has 0 aliphatic carbocycles. The third-order valence-electron chi connectivity index (χ3n) is 3.72. The van der Waals surface area contributed by atoms with Gasteiger partial charge in [-0.3, -0.25) is 9.78 Å². The lowest BCUT2D eigenvalue weighted by molar-refractivity contribution is 0.0958. The van der Waals surface area contributed by atoms with Crippen molar-refractivity contribution < 1.29 is 23.1 Å². The Morgan fingerprint density at radius 2 is 1.69 bits per heavy atom. The minimum absolute atomic E-state index is 0.145. The Morgan fingerprint density at radius 1 is 0.931 bits per heavy atom. The number of rotatable bonds is 5. The summed E-state index contributed by atoms with van der Waals surface area (Å²) in [6.45, 7) is 0. The lowest BCUT2D eigenvalue weighted by Gasteiger charge is -2.10. The number of hydrogen-bond acceptors (Lipinski definition) is 4. The van der Waals surface area contributed by atoms with Crippen molar-refractivity contribution in [3.63, 3.8) is 0 Å². The molecule has 0 spiro atoms. The smallest absolute Gasteiger partial charge is 0.323 e. The number of hydrogen-bond donors (Lipinski definition) is 3. The number of aromatic nitrogens is 1. The van der Waals surface area contributed by atoms with E-state index in [0.29, 0.717) is 23.3 Å². The molecular formula is C20H16F2N4O3. The number of benzene rings is 2. The van der Waals surface area contributed by atoms with E-state index >= 15 is 0 Å². The Kier molecular flexibility index (Phi) is 5.98. The number of nitrogens with one attached hydrogen (secondary N) is 3. The molecule has 3 amide bonds. The number of anilines is 2. The summed E-state index contributed by atoms with van der Waals surface area (Å²) in [4.78, 5) is 27.5. The summed E-state index contributed by atoms with van der Waals surface area (Å²) >= 11 is 0. The van der Waals surface area contributed by atoms with Gasteiger partial charge in [0.05, 0.1) is 5.69 Å². The first-order chi connectivity index (χ1) is 13.9. The molecule has 7 nitrogen and oxygen atoms in total. The first kappa shape index (κ1) is 19.7. The fraction of sp³-hybridized carbons (Fsp3) is 0.0500. The molecule has 29 heavy (non-hydrogen) atoms. The van der Waals surface area contributed by atoms with Crippen molar-refractivity contribution in [3.8, 4) is 11.5 Å². The Balaban J connectivity index is 1.61. The zero-order valence-electron chi connectivity index (χ0n) is 15.2. The van der Waals surface area contributed by atoms with E-state index in [9.17, 15) is 18.4 Å². The highest BCUT2D eigenvalue weighted by Gasteiger charge is 2.09. The van der Waals surface area contributed by atoms with Gasteiger partial charge in [0.1, 0.15) is 28.8 Å². The predicted molar refractivity (Wildman–Crippen MR) is 103 cm³/mol. The standard InChI is InChI=1S/C20H16F2N4O3/c1-23-19(27)18-11-15(8-9-24-18)29-14-5-3-13(4-6-14)25-20(28)26-17-7-2-12(21)10-16(17)22/h2-11H,1H3,(H,23,27)(H2,25,26,28). The monoisotopic (exact) mass is 398 g/mol. The van der Waals surface area contributed by atoms with E-state index in [-0.39, 0.29) is 17.3 Å². The van der Waals surface area contributed by atoms with Crippen LogP contribution in [0.5, 0.6) is 11.5 Å². The summed E-state index contributed by atoms with van der Waals surface area (Å²) in [6.07, 6.45) is 1.45. The summed E-state index contributed by atoms with van der Waals surface area (Å²) in [6, 6.07) is 11.6. The van der Waals surface area contributed by atoms with Crippen molar-refractivity contribution in [2.75, 3.05) is 17.7 Å². The van der Waals surface area contributed by atoms with Crippen molar-refractivity contribution in [1.82, 2.24) is 10.3 Å². The lowest BCUT2D eigenvalue weighted by Crippen LogP contribution is -2.20. The van der Waals surface area contributed by atoms with E-state index in [1.54, 1.807) is 30.3 Å². The molecule has 3 N–H and O–H groups in total. The first-order valence-corrected chi connectivity index (χ1v) is 8.44. The van der Waals surface area contributed by atoms with Crippen molar-refractivity contribution in [3.05, 3.63) is 78.1 Å². The van der Waals surface area contributed by atoms with Crippen molar-refractivity contribution >= 4 is 23.3 Å². The number of ether oxygens (including phenoxy) is 1. The number of urea groups is 1.